The normalized spacial score (nSPS) is 15.9. The maximum atomic E-state index is 12.9. The summed E-state index contributed by atoms with van der Waals surface area (Å²) in [6.07, 6.45) is -2.93. The molecule has 0 aliphatic carbocycles. The third kappa shape index (κ3) is 5.75. The van der Waals surface area contributed by atoms with Gasteiger partial charge in [-0.2, -0.15) is 13.2 Å². The Morgan fingerprint density at radius 1 is 1.26 bits per heavy atom. The number of rotatable bonds is 6. The fourth-order valence-electron chi connectivity index (χ4n) is 2.49. The number of benzene rings is 1. The predicted octanol–water partition coefficient (Wildman–Crippen LogP) is 3.82. The van der Waals surface area contributed by atoms with Gasteiger partial charge >= 0.3 is 6.18 Å². The molecule has 0 aliphatic heterocycles. The van der Waals surface area contributed by atoms with Crippen LogP contribution in [0.25, 0.3) is 0 Å². The summed E-state index contributed by atoms with van der Waals surface area (Å²) in [5.74, 6) is 0.766. The SMILES string of the molecule is CCNC(=NCC(C)(O)c1ccco1)NC(C)c1cccc(C(F)(F)F)c1. The molecule has 0 radical (unpaired) electrons. The summed E-state index contributed by atoms with van der Waals surface area (Å²) < 4.78 is 43.9. The third-order valence-electron chi connectivity index (χ3n) is 4.01. The van der Waals surface area contributed by atoms with Crippen LogP contribution < -0.4 is 10.6 Å². The molecule has 0 fully saturated rings. The predicted molar refractivity (Wildman–Crippen MR) is 97.3 cm³/mol. The van der Waals surface area contributed by atoms with E-state index in [9.17, 15) is 18.3 Å². The van der Waals surface area contributed by atoms with Crippen LogP contribution in [0.2, 0.25) is 0 Å². The van der Waals surface area contributed by atoms with Crippen molar-refractivity contribution < 1.29 is 22.7 Å². The van der Waals surface area contributed by atoms with E-state index < -0.39 is 23.4 Å². The monoisotopic (exact) mass is 383 g/mol. The number of furan rings is 1. The van der Waals surface area contributed by atoms with Gasteiger partial charge in [0.05, 0.1) is 24.4 Å². The molecular formula is C19H24F3N3O2. The van der Waals surface area contributed by atoms with Crippen LogP contribution in [0.5, 0.6) is 0 Å². The van der Waals surface area contributed by atoms with Crippen LogP contribution >= 0.6 is 0 Å². The van der Waals surface area contributed by atoms with Crippen LogP contribution in [-0.4, -0.2) is 24.2 Å². The van der Waals surface area contributed by atoms with Crippen molar-refractivity contribution in [3.05, 3.63) is 59.5 Å². The molecule has 2 unspecified atom stereocenters. The van der Waals surface area contributed by atoms with Gasteiger partial charge in [0.15, 0.2) is 5.96 Å². The van der Waals surface area contributed by atoms with E-state index in [0.717, 1.165) is 12.1 Å². The quantitative estimate of drug-likeness (QED) is 0.524. The summed E-state index contributed by atoms with van der Waals surface area (Å²) in [5.41, 5.74) is -1.52. The van der Waals surface area contributed by atoms with Crippen molar-refractivity contribution in [3.8, 4) is 0 Å². The fraction of sp³-hybridized carbons (Fsp3) is 0.421. The molecule has 2 aromatic rings. The lowest BCUT2D eigenvalue weighted by Gasteiger charge is -2.22. The van der Waals surface area contributed by atoms with Gasteiger partial charge in [-0.15, -0.1) is 0 Å². The van der Waals surface area contributed by atoms with Crippen molar-refractivity contribution in [2.75, 3.05) is 13.1 Å². The molecule has 8 heteroatoms. The Hall–Kier alpha value is -2.48. The largest absolute Gasteiger partial charge is 0.466 e. The van der Waals surface area contributed by atoms with Crippen molar-refractivity contribution in [3.63, 3.8) is 0 Å². The number of hydrogen-bond acceptors (Lipinski definition) is 3. The van der Waals surface area contributed by atoms with Crippen molar-refractivity contribution >= 4 is 5.96 Å². The van der Waals surface area contributed by atoms with Crippen LogP contribution in [0.1, 0.15) is 43.7 Å². The first-order valence-corrected chi connectivity index (χ1v) is 8.62. The van der Waals surface area contributed by atoms with Gasteiger partial charge in [-0.05, 0) is 50.6 Å². The molecular weight excluding hydrogens is 359 g/mol. The fourth-order valence-corrected chi connectivity index (χ4v) is 2.49. The second-order valence-electron chi connectivity index (χ2n) is 6.44. The van der Waals surface area contributed by atoms with Crippen molar-refractivity contribution in [2.45, 2.75) is 38.6 Å². The Morgan fingerprint density at radius 2 is 2.00 bits per heavy atom. The highest BCUT2D eigenvalue weighted by atomic mass is 19.4. The number of guanidine groups is 1. The van der Waals surface area contributed by atoms with E-state index in [4.69, 9.17) is 4.42 Å². The number of aliphatic imine (C=N–C) groups is 1. The molecule has 0 saturated carbocycles. The lowest BCUT2D eigenvalue weighted by molar-refractivity contribution is -0.137. The highest BCUT2D eigenvalue weighted by molar-refractivity contribution is 5.80. The third-order valence-corrected chi connectivity index (χ3v) is 4.01. The topological polar surface area (TPSA) is 69.8 Å². The molecule has 0 amide bonds. The molecule has 27 heavy (non-hydrogen) atoms. The van der Waals surface area contributed by atoms with Gasteiger partial charge in [-0.3, -0.25) is 0 Å². The molecule has 0 bridgehead atoms. The van der Waals surface area contributed by atoms with Gasteiger partial charge in [-0.1, -0.05) is 12.1 Å². The van der Waals surface area contributed by atoms with Crippen LogP contribution in [0.15, 0.2) is 52.1 Å². The number of nitrogens with one attached hydrogen (secondary N) is 2. The van der Waals surface area contributed by atoms with E-state index in [1.165, 1.54) is 12.3 Å². The Bertz CT molecular complexity index is 756. The molecule has 148 valence electrons. The van der Waals surface area contributed by atoms with E-state index in [1.54, 1.807) is 32.0 Å². The van der Waals surface area contributed by atoms with Gasteiger partial charge in [0.25, 0.3) is 0 Å². The van der Waals surface area contributed by atoms with E-state index >= 15 is 0 Å². The van der Waals surface area contributed by atoms with Crippen molar-refractivity contribution in [1.29, 1.82) is 0 Å². The lowest BCUT2D eigenvalue weighted by Crippen LogP contribution is -2.40. The Labute approximate surface area is 156 Å². The van der Waals surface area contributed by atoms with E-state index in [-0.39, 0.29) is 6.54 Å². The average molecular weight is 383 g/mol. The summed E-state index contributed by atoms with van der Waals surface area (Å²) in [6.45, 7) is 5.77. The van der Waals surface area contributed by atoms with Gasteiger partial charge in [-0.25, -0.2) is 4.99 Å². The number of alkyl halides is 3. The zero-order valence-corrected chi connectivity index (χ0v) is 15.5. The first-order chi connectivity index (χ1) is 12.6. The number of halogens is 3. The first kappa shape index (κ1) is 20.8. The highest BCUT2D eigenvalue weighted by Gasteiger charge is 2.31. The zero-order valence-electron chi connectivity index (χ0n) is 15.5. The number of nitrogens with zero attached hydrogens (tertiary/aromatic N) is 1. The standard InChI is InChI=1S/C19H24F3N3O2/c1-4-23-17(24-12-18(3,26)16-9-6-10-27-16)25-13(2)14-7-5-8-15(11-14)19(20,21)22/h5-11,13,26H,4,12H2,1-3H3,(H2,23,24,25). The minimum Gasteiger partial charge on any atom is -0.466 e. The molecule has 0 saturated heterocycles. The summed E-state index contributed by atoms with van der Waals surface area (Å²) in [7, 11) is 0. The number of aliphatic hydroxyl groups is 1. The number of hydrogen-bond donors (Lipinski definition) is 3. The Balaban J connectivity index is 2.13. The minimum atomic E-state index is -4.39. The first-order valence-electron chi connectivity index (χ1n) is 8.62. The average Bonchev–Trinajstić information content (AvgIpc) is 3.15. The summed E-state index contributed by atoms with van der Waals surface area (Å²) in [5, 5.41) is 16.6. The van der Waals surface area contributed by atoms with Crippen molar-refractivity contribution in [1.82, 2.24) is 10.6 Å². The van der Waals surface area contributed by atoms with Gasteiger partial charge < -0.3 is 20.2 Å². The summed E-state index contributed by atoms with van der Waals surface area (Å²) >= 11 is 0. The van der Waals surface area contributed by atoms with Crippen molar-refractivity contribution in [2.24, 2.45) is 4.99 Å². The summed E-state index contributed by atoms with van der Waals surface area (Å²) in [6, 6.07) is 8.06. The molecule has 2 atom stereocenters. The minimum absolute atomic E-state index is 0.0190. The molecule has 1 aromatic carbocycles. The molecule has 3 N–H and O–H groups in total. The van der Waals surface area contributed by atoms with Crippen LogP contribution in [-0.2, 0) is 11.8 Å². The van der Waals surface area contributed by atoms with Gasteiger partial charge in [0.2, 0.25) is 0 Å². The zero-order chi connectivity index (χ0) is 20.1. The molecule has 2 rings (SSSR count). The highest BCUT2D eigenvalue weighted by Crippen LogP contribution is 2.30. The van der Waals surface area contributed by atoms with E-state index in [2.05, 4.69) is 15.6 Å². The van der Waals surface area contributed by atoms with E-state index in [0.29, 0.717) is 23.8 Å². The lowest BCUT2D eigenvalue weighted by atomic mass is 10.0. The second-order valence-corrected chi connectivity index (χ2v) is 6.44. The Morgan fingerprint density at radius 3 is 2.59 bits per heavy atom. The van der Waals surface area contributed by atoms with Crippen LogP contribution in [0, 0.1) is 0 Å². The maximum absolute atomic E-state index is 12.9. The summed E-state index contributed by atoms with van der Waals surface area (Å²) in [4.78, 5) is 4.34. The molecule has 5 nitrogen and oxygen atoms in total. The maximum Gasteiger partial charge on any atom is 0.416 e. The smallest absolute Gasteiger partial charge is 0.416 e. The van der Waals surface area contributed by atoms with Crippen LogP contribution in [0.3, 0.4) is 0 Å². The van der Waals surface area contributed by atoms with E-state index in [1.807, 2.05) is 6.92 Å². The molecule has 0 spiro atoms. The van der Waals surface area contributed by atoms with Crippen LogP contribution in [0.4, 0.5) is 13.2 Å². The van der Waals surface area contributed by atoms with Gasteiger partial charge in [0, 0.05) is 6.54 Å². The Kier molecular flexibility index (Phi) is 6.54. The molecule has 0 aliphatic rings. The molecule has 1 aromatic heterocycles. The van der Waals surface area contributed by atoms with Gasteiger partial charge in [0.1, 0.15) is 11.4 Å². The second kappa shape index (κ2) is 8.47. The molecule has 1 heterocycles.